The molecule has 0 saturated carbocycles. The number of aliphatic hydroxyl groups excluding tert-OH is 3. The highest BCUT2D eigenvalue weighted by Gasteiger charge is 2.25. The number of aliphatic hydroxyl groups is 3. The molecule has 0 aliphatic carbocycles. The molecule has 3 N–H and O–H groups in total. The first kappa shape index (κ1) is 50.5. The van der Waals surface area contributed by atoms with E-state index in [9.17, 15) is 24.9 Å². The Morgan fingerprint density at radius 2 is 0.650 bits per heavy atom. The summed E-state index contributed by atoms with van der Waals surface area (Å²) in [5.41, 5.74) is 4.13. The molecular weight excluding hydrogens is 765 g/mol. The van der Waals surface area contributed by atoms with Crippen LogP contribution in [0, 0.1) is 0 Å². The van der Waals surface area contributed by atoms with Crippen LogP contribution in [-0.2, 0) is 29.9 Å². The third-order valence-corrected chi connectivity index (χ3v) is 9.58. The van der Waals surface area contributed by atoms with Crippen LogP contribution in [0.5, 0.6) is 23.0 Å². The van der Waals surface area contributed by atoms with Crippen LogP contribution >= 0.6 is 0 Å². The number of hydrogen-bond donors (Lipinski definition) is 3. The van der Waals surface area contributed by atoms with E-state index in [0.717, 1.165) is 22.3 Å². The highest BCUT2D eigenvalue weighted by atomic mass is 16.6. The van der Waals surface area contributed by atoms with E-state index >= 15 is 0 Å². The Bertz CT molecular complexity index is 1810. The number of benzene rings is 4. The molecule has 0 bridgehead atoms. The van der Waals surface area contributed by atoms with E-state index in [0.29, 0.717) is 23.0 Å². The van der Waals surface area contributed by atoms with Crippen LogP contribution in [0.2, 0.25) is 0 Å². The van der Waals surface area contributed by atoms with E-state index in [1.54, 1.807) is 13.8 Å². The SMILES string of the molecule is C.C.C=C(C)C(=O)OCC(O)COc1ccc(C(C)(C)c2ccc(OCC(O)COc3ccc(C(C)(C)c4ccc(OCC(O)COC(=O)C(=C)C)cc4)cc3)cc2)cc1. The van der Waals surface area contributed by atoms with Gasteiger partial charge in [-0.1, -0.05) is 104 Å². The molecule has 0 aromatic heterocycles. The Hall–Kier alpha value is -5.62. The molecule has 0 fully saturated rings. The highest BCUT2D eigenvalue weighted by molar-refractivity contribution is 5.87. The first-order chi connectivity index (χ1) is 27.4. The fourth-order valence-corrected chi connectivity index (χ4v) is 5.71. The summed E-state index contributed by atoms with van der Waals surface area (Å²) in [4.78, 5) is 23.0. The van der Waals surface area contributed by atoms with Gasteiger partial charge in [-0.25, -0.2) is 9.59 Å². The lowest BCUT2D eigenvalue weighted by Gasteiger charge is -2.27. The van der Waals surface area contributed by atoms with Crippen molar-refractivity contribution in [3.8, 4) is 23.0 Å². The molecule has 0 saturated heterocycles. The van der Waals surface area contributed by atoms with Crippen molar-refractivity contribution in [3.05, 3.63) is 144 Å². The van der Waals surface area contributed by atoms with Crippen LogP contribution in [0.3, 0.4) is 0 Å². The molecule has 4 aromatic carbocycles. The lowest BCUT2D eigenvalue weighted by molar-refractivity contribution is -0.143. The quantitative estimate of drug-likeness (QED) is 0.0521. The van der Waals surface area contributed by atoms with Gasteiger partial charge in [0.05, 0.1) is 0 Å². The molecule has 11 heteroatoms. The van der Waals surface area contributed by atoms with Crippen molar-refractivity contribution in [2.75, 3.05) is 39.6 Å². The van der Waals surface area contributed by atoms with Crippen LogP contribution in [0.1, 0.15) is 78.6 Å². The van der Waals surface area contributed by atoms with Gasteiger partial charge in [0.1, 0.15) is 81.0 Å². The largest absolute Gasteiger partial charge is 0.491 e. The minimum absolute atomic E-state index is 0. The Morgan fingerprint density at radius 3 is 0.850 bits per heavy atom. The van der Waals surface area contributed by atoms with Gasteiger partial charge in [0.25, 0.3) is 0 Å². The van der Waals surface area contributed by atoms with Crippen molar-refractivity contribution in [1.29, 1.82) is 0 Å². The van der Waals surface area contributed by atoms with Crippen LogP contribution < -0.4 is 18.9 Å². The van der Waals surface area contributed by atoms with Crippen molar-refractivity contribution in [1.82, 2.24) is 0 Å². The monoisotopic (exact) mass is 828 g/mol. The maximum atomic E-state index is 11.5. The van der Waals surface area contributed by atoms with Crippen molar-refractivity contribution in [2.24, 2.45) is 0 Å². The molecule has 0 heterocycles. The highest BCUT2D eigenvalue weighted by Crippen LogP contribution is 2.35. The maximum Gasteiger partial charge on any atom is 0.333 e. The van der Waals surface area contributed by atoms with Crippen molar-refractivity contribution in [3.63, 3.8) is 0 Å². The first-order valence-corrected chi connectivity index (χ1v) is 19.1. The van der Waals surface area contributed by atoms with E-state index in [2.05, 4.69) is 40.9 Å². The number of rotatable bonds is 22. The van der Waals surface area contributed by atoms with E-state index in [1.165, 1.54) is 0 Å². The third-order valence-electron chi connectivity index (χ3n) is 9.58. The summed E-state index contributed by atoms with van der Waals surface area (Å²) in [5, 5.41) is 30.8. The smallest absolute Gasteiger partial charge is 0.333 e. The second-order valence-corrected chi connectivity index (χ2v) is 15.3. The number of carbonyl (C=O) groups is 2. The van der Waals surface area contributed by atoms with Gasteiger partial charge in [0, 0.05) is 22.0 Å². The number of esters is 2. The predicted octanol–water partition coefficient (Wildman–Crippen LogP) is 8.15. The molecule has 0 amide bonds. The Kier molecular flexibility index (Phi) is 19.6. The summed E-state index contributed by atoms with van der Waals surface area (Å²) in [7, 11) is 0. The molecule has 2 atom stereocenters. The Labute approximate surface area is 356 Å². The average Bonchev–Trinajstić information content (AvgIpc) is 3.22. The predicted molar refractivity (Wildman–Crippen MR) is 235 cm³/mol. The van der Waals surface area contributed by atoms with Crippen molar-refractivity contribution < 1.29 is 53.3 Å². The number of hydrogen-bond acceptors (Lipinski definition) is 11. The van der Waals surface area contributed by atoms with Gasteiger partial charge < -0.3 is 43.7 Å². The Balaban J connectivity index is 0.00000620. The van der Waals surface area contributed by atoms with Gasteiger partial charge in [-0.2, -0.15) is 0 Å². The van der Waals surface area contributed by atoms with Gasteiger partial charge in [-0.3, -0.25) is 0 Å². The molecule has 0 spiro atoms. The summed E-state index contributed by atoms with van der Waals surface area (Å²) < 4.78 is 33.0. The van der Waals surface area contributed by atoms with Crippen LogP contribution in [0.4, 0.5) is 0 Å². The molecule has 0 aliphatic rings. The minimum atomic E-state index is -0.963. The second kappa shape index (κ2) is 23.2. The van der Waals surface area contributed by atoms with Crippen LogP contribution in [0.25, 0.3) is 0 Å². The lowest BCUT2D eigenvalue weighted by Crippen LogP contribution is -2.25. The fraction of sp³-hybridized carbons (Fsp3) is 0.388. The molecule has 4 aromatic rings. The molecule has 4 rings (SSSR count). The second-order valence-electron chi connectivity index (χ2n) is 15.3. The van der Waals surface area contributed by atoms with Crippen LogP contribution in [-0.4, -0.2) is 85.2 Å². The molecule has 0 radical (unpaired) electrons. The normalized spacial score (nSPS) is 12.6. The summed E-state index contributed by atoms with van der Waals surface area (Å²) in [6.07, 6.45) is -2.78. The Morgan fingerprint density at radius 1 is 0.450 bits per heavy atom. The van der Waals surface area contributed by atoms with E-state index in [-0.39, 0.29) is 76.5 Å². The zero-order valence-corrected chi connectivity index (χ0v) is 34.2. The van der Waals surface area contributed by atoms with E-state index in [1.807, 2.05) is 97.1 Å². The summed E-state index contributed by atoms with van der Waals surface area (Å²) in [6, 6.07) is 30.7. The average molecular weight is 829 g/mol. The van der Waals surface area contributed by atoms with Gasteiger partial charge in [-0.15, -0.1) is 0 Å². The fourth-order valence-electron chi connectivity index (χ4n) is 5.71. The minimum Gasteiger partial charge on any atom is -0.491 e. The number of ether oxygens (including phenoxy) is 6. The molecule has 60 heavy (non-hydrogen) atoms. The van der Waals surface area contributed by atoms with Crippen molar-refractivity contribution >= 4 is 11.9 Å². The third kappa shape index (κ3) is 14.9. The zero-order valence-electron chi connectivity index (χ0n) is 34.2. The summed E-state index contributed by atoms with van der Waals surface area (Å²) in [5.74, 6) is 1.31. The molecule has 11 nitrogen and oxygen atoms in total. The lowest BCUT2D eigenvalue weighted by atomic mass is 9.78. The molecule has 2 unspecified atom stereocenters. The van der Waals surface area contributed by atoms with Crippen LogP contribution in [0.15, 0.2) is 121 Å². The topological polar surface area (TPSA) is 150 Å². The molecular formula is C49H64O11. The van der Waals surface area contributed by atoms with E-state index < -0.39 is 30.3 Å². The van der Waals surface area contributed by atoms with Gasteiger partial charge in [0.2, 0.25) is 0 Å². The molecule has 326 valence electrons. The summed E-state index contributed by atoms with van der Waals surface area (Å²) >= 11 is 0. The van der Waals surface area contributed by atoms with Gasteiger partial charge in [0.15, 0.2) is 0 Å². The zero-order chi connectivity index (χ0) is 42.5. The van der Waals surface area contributed by atoms with Crippen molar-refractivity contribution in [2.45, 2.75) is 85.5 Å². The first-order valence-electron chi connectivity index (χ1n) is 19.1. The van der Waals surface area contributed by atoms with E-state index in [4.69, 9.17) is 28.4 Å². The standard InChI is InChI=1S/C47H56O11.2CH4/c1-31(2)44(51)57-29-38(49)27-55-42-21-13-35(14-22-42)46(5,6)33-9-17-40(18-10-33)53-25-37(48)26-54-41-19-11-34(12-20-41)47(7,8)36-15-23-43(24-16-36)56-28-39(50)30-58-45(52)32(3)4;;/h9-24,37-39,48-50H,1,3,25-30H2,2,4-8H3;2*1H4. The van der Waals surface area contributed by atoms with Gasteiger partial charge in [-0.05, 0) is 84.6 Å². The number of carbonyl (C=O) groups excluding carboxylic acids is 2. The maximum absolute atomic E-state index is 11.5. The summed E-state index contributed by atoms with van der Waals surface area (Å²) in [6.45, 7) is 18.3. The molecule has 0 aliphatic heterocycles. The van der Waals surface area contributed by atoms with Gasteiger partial charge >= 0.3 is 11.9 Å².